The summed E-state index contributed by atoms with van der Waals surface area (Å²) in [5, 5.41) is 11.0. The van der Waals surface area contributed by atoms with E-state index in [0.717, 1.165) is 12.1 Å². The average Bonchev–Trinajstić information content (AvgIpc) is 2.47. The van der Waals surface area contributed by atoms with Crippen molar-refractivity contribution in [3.05, 3.63) is 30.1 Å². The molecule has 1 fully saturated rings. The maximum atomic E-state index is 11.0. The summed E-state index contributed by atoms with van der Waals surface area (Å²) >= 11 is 0. The molecule has 1 aliphatic carbocycles. The largest absolute Gasteiger partial charge is 0.383 e. The van der Waals surface area contributed by atoms with Crippen molar-refractivity contribution < 1.29 is 5.11 Å². The molecule has 1 heterocycles. The van der Waals surface area contributed by atoms with Crippen molar-refractivity contribution in [1.82, 2.24) is 4.98 Å². The third-order valence-corrected chi connectivity index (χ3v) is 4.76. The average molecular weight is 247 g/mol. The molecule has 2 atom stereocenters. The maximum Gasteiger partial charge on any atom is 0.109 e. The van der Waals surface area contributed by atoms with Crippen LogP contribution in [0.2, 0.25) is 0 Å². The molecular weight excluding hydrogens is 222 g/mol. The molecule has 0 aliphatic heterocycles. The molecule has 2 rings (SSSR count). The van der Waals surface area contributed by atoms with Crippen LogP contribution in [0.4, 0.5) is 0 Å². The fourth-order valence-corrected chi connectivity index (χ4v) is 3.38. The number of aromatic nitrogens is 1. The van der Waals surface area contributed by atoms with Gasteiger partial charge in [0.2, 0.25) is 0 Å². The van der Waals surface area contributed by atoms with E-state index in [0.29, 0.717) is 5.92 Å². The minimum atomic E-state index is -0.761. The lowest BCUT2D eigenvalue weighted by Crippen LogP contribution is -2.38. The first-order valence-corrected chi connectivity index (χ1v) is 7.32. The maximum absolute atomic E-state index is 11.0. The monoisotopic (exact) mass is 247 g/mol. The lowest BCUT2D eigenvalue weighted by Gasteiger charge is -2.39. The van der Waals surface area contributed by atoms with Gasteiger partial charge in [-0.25, -0.2) is 0 Å². The number of hydrogen-bond acceptors (Lipinski definition) is 2. The van der Waals surface area contributed by atoms with Crippen LogP contribution >= 0.6 is 0 Å². The SMILES string of the molecule is CCC(O)(c1ccccn1)C(C)C1CCCCC1. The lowest BCUT2D eigenvalue weighted by molar-refractivity contribution is -0.0541. The van der Waals surface area contributed by atoms with E-state index in [1.807, 2.05) is 18.2 Å². The highest BCUT2D eigenvalue weighted by Crippen LogP contribution is 2.41. The standard InChI is InChI=1S/C16H25NO/c1-3-16(18,15-11-7-8-12-17-15)13(2)14-9-5-4-6-10-14/h7-8,11-14,18H,3-6,9-10H2,1-2H3. The minimum Gasteiger partial charge on any atom is -0.383 e. The molecule has 2 heteroatoms. The van der Waals surface area contributed by atoms with Crippen LogP contribution in [0, 0.1) is 11.8 Å². The van der Waals surface area contributed by atoms with Crippen LogP contribution in [0.25, 0.3) is 0 Å². The van der Waals surface area contributed by atoms with E-state index in [2.05, 4.69) is 18.8 Å². The second kappa shape index (κ2) is 5.83. The van der Waals surface area contributed by atoms with Gasteiger partial charge < -0.3 is 5.11 Å². The summed E-state index contributed by atoms with van der Waals surface area (Å²) in [4.78, 5) is 4.39. The predicted octanol–water partition coefficient (Wildman–Crippen LogP) is 3.90. The topological polar surface area (TPSA) is 33.1 Å². The highest BCUT2D eigenvalue weighted by molar-refractivity contribution is 5.14. The van der Waals surface area contributed by atoms with Gasteiger partial charge in [0.15, 0.2) is 0 Å². The van der Waals surface area contributed by atoms with Gasteiger partial charge in [0, 0.05) is 6.20 Å². The molecule has 1 N–H and O–H groups in total. The van der Waals surface area contributed by atoms with Gasteiger partial charge in [0.05, 0.1) is 5.69 Å². The molecule has 0 amide bonds. The molecule has 100 valence electrons. The second-order valence-electron chi connectivity index (χ2n) is 5.68. The molecule has 1 aromatic rings. The minimum absolute atomic E-state index is 0.290. The van der Waals surface area contributed by atoms with Gasteiger partial charge in [-0.15, -0.1) is 0 Å². The van der Waals surface area contributed by atoms with Crippen molar-refractivity contribution in [3.63, 3.8) is 0 Å². The molecule has 0 aromatic carbocycles. The van der Waals surface area contributed by atoms with Gasteiger partial charge in [-0.1, -0.05) is 52.0 Å². The molecule has 1 saturated carbocycles. The van der Waals surface area contributed by atoms with Crippen LogP contribution in [-0.4, -0.2) is 10.1 Å². The Labute approximate surface area is 110 Å². The summed E-state index contributed by atoms with van der Waals surface area (Å²) < 4.78 is 0. The van der Waals surface area contributed by atoms with E-state index in [1.165, 1.54) is 32.1 Å². The van der Waals surface area contributed by atoms with Crippen LogP contribution in [-0.2, 0) is 5.60 Å². The molecule has 0 spiro atoms. The van der Waals surface area contributed by atoms with Crippen molar-refractivity contribution in [3.8, 4) is 0 Å². The van der Waals surface area contributed by atoms with E-state index < -0.39 is 5.60 Å². The van der Waals surface area contributed by atoms with Crippen molar-refractivity contribution in [2.24, 2.45) is 11.8 Å². The zero-order valence-corrected chi connectivity index (χ0v) is 11.6. The van der Waals surface area contributed by atoms with Crippen LogP contribution in [0.15, 0.2) is 24.4 Å². The first-order chi connectivity index (χ1) is 8.68. The van der Waals surface area contributed by atoms with Crippen LogP contribution in [0.1, 0.15) is 58.1 Å². The van der Waals surface area contributed by atoms with Gasteiger partial charge in [-0.3, -0.25) is 4.98 Å². The molecule has 0 bridgehead atoms. The van der Waals surface area contributed by atoms with Crippen LogP contribution in [0.5, 0.6) is 0 Å². The van der Waals surface area contributed by atoms with Crippen molar-refractivity contribution in [2.75, 3.05) is 0 Å². The summed E-state index contributed by atoms with van der Waals surface area (Å²) in [6, 6.07) is 5.84. The predicted molar refractivity (Wildman–Crippen MR) is 74.2 cm³/mol. The normalized spacial score (nSPS) is 22.4. The van der Waals surface area contributed by atoms with Gasteiger partial charge in [-0.2, -0.15) is 0 Å². The molecule has 0 saturated heterocycles. The van der Waals surface area contributed by atoms with Crippen molar-refractivity contribution >= 4 is 0 Å². The number of rotatable bonds is 4. The Morgan fingerprint density at radius 3 is 2.61 bits per heavy atom. The summed E-state index contributed by atoms with van der Waals surface area (Å²) in [7, 11) is 0. The van der Waals surface area contributed by atoms with E-state index in [1.54, 1.807) is 6.20 Å². The molecule has 0 radical (unpaired) electrons. The highest BCUT2D eigenvalue weighted by atomic mass is 16.3. The Balaban J connectivity index is 2.20. The Bertz CT molecular complexity index is 359. The van der Waals surface area contributed by atoms with Gasteiger partial charge >= 0.3 is 0 Å². The number of aliphatic hydroxyl groups is 1. The third kappa shape index (κ3) is 2.59. The summed E-state index contributed by atoms with van der Waals surface area (Å²) in [6.07, 6.45) is 9.03. The summed E-state index contributed by atoms with van der Waals surface area (Å²) in [5.74, 6) is 0.934. The first kappa shape index (κ1) is 13.5. The molecule has 18 heavy (non-hydrogen) atoms. The Morgan fingerprint density at radius 1 is 1.33 bits per heavy atom. The van der Waals surface area contributed by atoms with E-state index in [9.17, 15) is 5.11 Å². The molecular formula is C16H25NO. The highest BCUT2D eigenvalue weighted by Gasteiger charge is 2.39. The third-order valence-electron chi connectivity index (χ3n) is 4.76. The van der Waals surface area contributed by atoms with Gasteiger partial charge in [-0.05, 0) is 30.4 Å². The number of hydrogen-bond donors (Lipinski definition) is 1. The van der Waals surface area contributed by atoms with Gasteiger partial charge in [0.1, 0.15) is 5.60 Å². The Morgan fingerprint density at radius 2 is 2.06 bits per heavy atom. The number of pyridine rings is 1. The molecule has 1 aromatic heterocycles. The van der Waals surface area contributed by atoms with E-state index in [-0.39, 0.29) is 5.92 Å². The fourth-order valence-electron chi connectivity index (χ4n) is 3.38. The zero-order chi connectivity index (χ0) is 13.0. The molecule has 2 nitrogen and oxygen atoms in total. The second-order valence-corrected chi connectivity index (χ2v) is 5.68. The fraction of sp³-hybridized carbons (Fsp3) is 0.688. The summed E-state index contributed by atoms with van der Waals surface area (Å²) in [5.41, 5.74) is 0.0778. The zero-order valence-electron chi connectivity index (χ0n) is 11.6. The Hall–Kier alpha value is -0.890. The molecule has 1 aliphatic rings. The quantitative estimate of drug-likeness (QED) is 0.875. The van der Waals surface area contributed by atoms with Crippen LogP contribution in [0.3, 0.4) is 0 Å². The smallest absolute Gasteiger partial charge is 0.109 e. The number of nitrogens with zero attached hydrogens (tertiary/aromatic N) is 1. The van der Waals surface area contributed by atoms with E-state index in [4.69, 9.17) is 0 Å². The molecule has 2 unspecified atom stereocenters. The van der Waals surface area contributed by atoms with Crippen molar-refractivity contribution in [2.45, 2.75) is 58.0 Å². The lowest BCUT2D eigenvalue weighted by atomic mass is 9.70. The first-order valence-electron chi connectivity index (χ1n) is 7.32. The van der Waals surface area contributed by atoms with Gasteiger partial charge in [0.25, 0.3) is 0 Å². The Kier molecular flexibility index (Phi) is 4.39. The summed E-state index contributed by atoms with van der Waals surface area (Å²) in [6.45, 7) is 4.27. The van der Waals surface area contributed by atoms with E-state index >= 15 is 0 Å². The van der Waals surface area contributed by atoms with Crippen molar-refractivity contribution in [1.29, 1.82) is 0 Å². The van der Waals surface area contributed by atoms with Crippen LogP contribution < -0.4 is 0 Å².